The molecule has 0 aliphatic rings. The van der Waals surface area contributed by atoms with Crippen LogP contribution in [0, 0.1) is 0 Å². The number of ether oxygens (including phenoxy) is 1. The molecular formula is C20H23ClFN3O2. The van der Waals surface area contributed by atoms with Crippen LogP contribution in [0.5, 0.6) is 5.75 Å². The second kappa shape index (κ2) is 8.69. The van der Waals surface area contributed by atoms with Crippen molar-refractivity contribution in [3.8, 4) is 17.0 Å². The molecule has 3 aromatic rings. The zero-order valence-electron chi connectivity index (χ0n) is 15.3. The monoisotopic (exact) mass is 391 g/mol. The number of aliphatic hydroxyl groups is 1. The van der Waals surface area contributed by atoms with Gasteiger partial charge in [0.15, 0.2) is 0 Å². The second-order valence-electron chi connectivity index (χ2n) is 6.59. The predicted molar refractivity (Wildman–Crippen MR) is 105 cm³/mol. The van der Waals surface area contributed by atoms with Gasteiger partial charge < -0.3 is 14.2 Å². The minimum atomic E-state index is -0.713. The first kappa shape index (κ1) is 19.6. The van der Waals surface area contributed by atoms with Crippen molar-refractivity contribution in [2.75, 3.05) is 13.3 Å². The van der Waals surface area contributed by atoms with E-state index in [0.717, 1.165) is 22.6 Å². The highest BCUT2D eigenvalue weighted by molar-refractivity contribution is 6.30. The van der Waals surface area contributed by atoms with Crippen molar-refractivity contribution in [2.24, 2.45) is 0 Å². The summed E-state index contributed by atoms with van der Waals surface area (Å²) in [4.78, 5) is 4.71. The number of aliphatic hydroxyl groups excluding tert-OH is 1. The number of hydrogen-bond acceptors (Lipinski definition) is 4. The van der Waals surface area contributed by atoms with Gasteiger partial charge in [-0.25, -0.2) is 9.37 Å². The third-order valence-corrected chi connectivity index (χ3v) is 4.29. The van der Waals surface area contributed by atoms with Gasteiger partial charge in [-0.3, -0.25) is 5.32 Å². The number of imidazole rings is 1. The second-order valence-corrected chi connectivity index (χ2v) is 7.02. The molecule has 2 aromatic heterocycles. The van der Waals surface area contributed by atoms with Gasteiger partial charge in [0, 0.05) is 24.2 Å². The van der Waals surface area contributed by atoms with Gasteiger partial charge in [-0.2, -0.15) is 0 Å². The number of fused-ring (bicyclic) bond motifs is 1. The highest BCUT2D eigenvalue weighted by atomic mass is 35.5. The molecule has 0 saturated carbocycles. The summed E-state index contributed by atoms with van der Waals surface area (Å²) in [6.07, 6.45) is 1.45. The number of hydrogen-bond donors (Lipinski definition) is 2. The summed E-state index contributed by atoms with van der Waals surface area (Å²) >= 11 is 6.16. The SMILES string of the molecule is CC(C)NC(O)Cc1c(-c2ccc(OCCF)cc2)nc2ccc(Cl)cn12. The van der Waals surface area contributed by atoms with E-state index < -0.39 is 12.9 Å². The van der Waals surface area contributed by atoms with Crippen LogP contribution in [0.1, 0.15) is 19.5 Å². The van der Waals surface area contributed by atoms with Crippen molar-refractivity contribution in [2.45, 2.75) is 32.5 Å². The molecule has 3 rings (SSSR count). The van der Waals surface area contributed by atoms with Crippen molar-refractivity contribution < 1.29 is 14.2 Å². The molecule has 0 aliphatic carbocycles. The van der Waals surface area contributed by atoms with Gasteiger partial charge in [0.05, 0.1) is 16.4 Å². The first-order valence-electron chi connectivity index (χ1n) is 8.87. The quantitative estimate of drug-likeness (QED) is 0.572. The van der Waals surface area contributed by atoms with Crippen LogP contribution in [0.4, 0.5) is 4.39 Å². The van der Waals surface area contributed by atoms with Crippen molar-refractivity contribution >= 4 is 17.2 Å². The molecule has 0 saturated heterocycles. The molecule has 2 heterocycles. The van der Waals surface area contributed by atoms with Crippen LogP contribution in [-0.2, 0) is 6.42 Å². The molecule has 5 nitrogen and oxygen atoms in total. The molecule has 0 bridgehead atoms. The molecule has 0 amide bonds. The Kier molecular flexibility index (Phi) is 6.31. The summed E-state index contributed by atoms with van der Waals surface area (Å²) in [5.41, 5.74) is 3.25. The lowest BCUT2D eigenvalue weighted by atomic mass is 10.1. The van der Waals surface area contributed by atoms with Crippen molar-refractivity contribution in [1.82, 2.24) is 14.7 Å². The van der Waals surface area contributed by atoms with Gasteiger partial charge >= 0.3 is 0 Å². The fourth-order valence-corrected chi connectivity index (χ4v) is 3.15. The summed E-state index contributed by atoms with van der Waals surface area (Å²) in [6.45, 7) is 3.46. The molecule has 144 valence electrons. The number of halogens is 2. The zero-order chi connectivity index (χ0) is 19.4. The molecule has 2 N–H and O–H groups in total. The Morgan fingerprint density at radius 2 is 1.96 bits per heavy atom. The minimum Gasteiger partial charge on any atom is -0.491 e. The zero-order valence-corrected chi connectivity index (χ0v) is 16.1. The first-order valence-corrected chi connectivity index (χ1v) is 9.25. The molecule has 27 heavy (non-hydrogen) atoms. The fraction of sp³-hybridized carbons (Fsp3) is 0.350. The normalized spacial score (nSPS) is 12.7. The molecule has 1 aromatic carbocycles. The number of nitrogens with zero attached hydrogens (tertiary/aromatic N) is 2. The van der Waals surface area contributed by atoms with E-state index in [2.05, 4.69) is 5.32 Å². The lowest BCUT2D eigenvalue weighted by molar-refractivity contribution is 0.126. The average Bonchev–Trinajstić information content (AvgIpc) is 2.97. The lowest BCUT2D eigenvalue weighted by Crippen LogP contribution is -2.36. The highest BCUT2D eigenvalue weighted by Crippen LogP contribution is 2.28. The number of pyridine rings is 1. The van der Waals surface area contributed by atoms with Gasteiger partial charge in [-0.05, 0) is 50.2 Å². The topological polar surface area (TPSA) is 58.8 Å². The molecule has 0 radical (unpaired) electrons. The molecular weight excluding hydrogens is 369 g/mol. The standard InChI is InChI=1S/C20H23ClFN3O2/c1-13(2)23-19(26)11-17-20(24-18-8-5-15(21)12-25(17)18)14-3-6-16(7-4-14)27-10-9-22/h3-8,12-13,19,23,26H,9-11H2,1-2H3. The summed E-state index contributed by atoms with van der Waals surface area (Å²) < 4.78 is 19.5. The van der Waals surface area contributed by atoms with E-state index in [4.69, 9.17) is 21.3 Å². The van der Waals surface area contributed by atoms with Crippen LogP contribution >= 0.6 is 11.6 Å². The Balaban J connectivity index is 1.99. The number of benzene rings is 1. The summed E-state index contributed by atoms with van der Waals surface area (Å²) in [7, 11) is 0. The van der Waals surface area contributed by atoms with Gasteiger partial charge in [0.1, 0.15) is 30.9 Å². The minimum absolute atomic E-state index is 0.0323. The van der Waals surface area contributed by atoms with E-state index in [1.54, 1.807) is 24.4 Å². The number of alkyl halides is 1. The highest BCUT2D eigenvalue weighted by Gasteiger charge is 2.18. The summed E-state index contributed by atoms with van der Waals surface area (Å²) in [5.74, 6) is 0.603. The van der Waals surface area contributed by atoms with Gasteiger partial charge in [-0.1, -0.05) is 11.6 Å². The Morgan fingerprint density at radius 1 is 1.22 bits per heavy atom. The molecule has 7 heteroatoms. The maximum absolute atomic E-state index is 12.3. The van der Waals surface area contributed by atoms with Gasteiger partial charge in [0.25, 0.3) is 0 Å². The predicted octanol–water partition coefficient (Wildman–Crippen LogP) is 3.86. The third-order valence-electron chi connectivity index (χ3n) is 4.07. The van der Waals surface area contributed by atoms with Crippen molar-refractivity contribution in [3.05, 3.63) is 53.3 Å². The molecule has 1 unspecified atom stereocenters. The van der Waals surface area contributed by atoms with Crippen LogP contribution < -0.4 is 10.1 Å². The molecule has 1 atom stereocenters. The molecule has 0 fully saturated rings. The maximum atomic E-state index is 12.3. The van der Waals surface area contributed by atoms with E-state index in [0.29, 0.717) is 17.2 Å². The lowest BCUT2D eigenvalue weighted by Gasteiger charge is -2.16. The fourth-order valence-electron chi connectivity index (χ4n) is 2.99. The maximum Gasteiger partial charge on any atom is 0.137 e. The Labute approximate surface area is 162 Å². The van der Waals surface area contributed by atoms with Gasteiger partial charge in [0.2, 0.25) is 0 Å². The smallest absolute Gasteiger partial charge is 0.137 e. The van der Waals surface area contributed by atoms with E-state index >= 15 is 0 Å². The van der Waals surface area contributed by atoms with E-state index in [1.165, 1.54) is 0 Å². The number of nitrogens with one attached hydrogen (secondary N) is 1. The van der Waals surface area contributed by atoms with Crippen LogP contribution in [0.15, 0.2) is 42.6 Å². The van der Waals surface area contributed by atoms with Gasteiger partial charge in [-0.15, -0.1) is 0 Å². The Hall–Kier alpha value is -2.15. The Morgan fingerprint density at radius 3 is 2.63 bits per heavy atom. The molecule has 0 spiro atoms. The van der Waals surface area contributed by atoms with Crippen molar-refractivity contribution in [3.63, 3.8) is 0 Å². The van der Waals surface area contributed by atoms with Crippen LogP contribution in [0.3, 0.4) is 0 Å². The first-order chi connectivity index (χ1) is 13.0. The molecule has 0 aliphatic heterocycles. The number of aromatic nitrogens is 2. The number of rotatable bonds is 8. The van der Waals surface area contributed by atoms with Crippen LogP contribution in [-0.4, -0.2) is 40.0 Å². The van der Waals surface area contributed by atoms with Crippen LogP contribution in [0.2, 0.25) is 5.02 Å². The summed E-state index contributed by atoms with van der Waals surface area (Å²) in [6, 6.07) is 11.1. The Bertz CT molecular complexity index is 896. The largest absolute Gasteiger partial charge is 0.491 e. The summed E-state index contributed by atoms with van der Waals surface area (Å²) in [5, 5.41) is 14.1. The van der Waals surface area contributed by atoms with E-state index in [-0.39, 0.29) is 12.6 Å². The average molecular weight is 392 g/mol. The third kappa shape index (κ3) is 4.77. The van der Waals surface area contributed by atoms with Crippen LogP contribution in [0.25, 0.3) is 16.9 Å². The van der Waals surface area contributed by atoms with E-state index in [9.17, 15) is 9.50 Å². The van der Waals surface area contributed by atoms with E-state index in [1.807, 2.05) is 36.4 Å². The van der Waals surface area contributed by atoms with Crippen molar-refractivity contribution in [1.29, 1.82) is 0 Å².